The number of para-hydroxylation sites is 2. The maximum absolute atomic E-state index is 13.3. The number of unbranched alkanes of at least 4 members (excludes halogenated alkanes) is 1. The van der Waals surface area contributed by atoms with Crippen LogP contribution in [0.3, 0.4) is 0 Å². The highest BCUT2D eigenvalue weighted by molar-refractivity contribution is 5.83. The molecule has 2 aliphatic rings. The lowest BCUT2D eigenvalue weighted by atomic mass is 9.68. The summed E-state index contributed by atoms with van der Waals surface area (Å²) in [6, 6.07) is 53.5. The van der Waals surface area contributed by atoms with Crippen LogP contribution >= 0.6 is 0 Å². The van der Waals surface area contributed by atoms with E-state index in [2.05, 4.69) is 97.1 Å². The average molecular weight is 683 g/mol. The van der Waals surface area contributed by atoms with E-state index in [0.29, 0.717) is 37.2 Å². The summed E-state index contributed by atoms with van der Waals surface area (Å²) in [5.41, 5.74) is 9.53. The molecular formula is C48H42O4. The summed E-state index contributed by atoms with van der Waals surface area (Å²) in [5.74, 6) is 0.716. The minimum Gasteiger partial charge on any atom is -0.427 e. The van der Waals surface area contributed by atoms with Gasteiger partial charge in [0.05, 0.1) is 0 Å². The van der Waals surface area contributed by atoms with Crippen molar-refractivity contribution in [2.24, 2.45) is 0 Å². The van der Waals surface area contributed by atoms with Crippen molar-refractivity contribution < 1.29 is 19.1 Å². The number of fused-ring (bicyclic) bond motifs is 6. The van der Waals surface area contributed by atoms with E-state index in [9.17, 15) is 9.59 Å². The number of esters is 2. The fourth-order valence-electron chi connectivity index (χ4n) is 8.99. The van der Waals surface area contributed by atoms with E-state index in [4.69, 9.17) is 9.47 Å². The summed E-state index contributed by atoms with van der Waals surface area (Å²) < 4.78 is 11.6. The molecule has 0 aliphatic heterocycles. The summed E-state index contributed by atoms with van der Waals surface area (Å²) >= 11 is 0. The van der Waals surface area contributed by atoms with E-state index in [-0.39, 0.29) is 22.8 Å². The van der Waals surface area contributed by atoms with E-state index >= 15 is 0 Å². The van der Waals surface area contributed by atoms with Crippen molar-refractivity contribution in [3.05, 3.63) is 180 Å². The van der Waals surface area contributed by atoms with Crippen molar-refractivity contribution in [3.63, 3.8) is 0 Å². The first-order valence-electron chi connectivity index (χ1n) is 18.5. The third-order valence-corrected chi connectivity index (χ3v) is 11.3. The standard InChI is InChI=1S/C48H42O4/c49-45(51-35-17-3-1-4-18-35)29-33-47(41-25-11-7-21-37(41)38-22-8-12-26-42(38)47)31-15-16-32-48(34-30-46(50)52-36-19-5-2-6-20-36)43-27-13-9-23-39(43)40-24-10-14-28-44(40)48/h1-14,17-28H,15-16,29-34H2. The Bertz CT molecular complexity index is 1950. The van der Waals surface area contributed by atoms with Crippen molar-refractivity contribution in [1.82, 2.24) is 0 Å². The second kappa shape index (κ2) is 14.5. The Balaban J connectivity index is 1.07. The zero-order valence-electron chi connectivity index (χ0n) is 29.3. The van der Waals surface area contributed by atoms with Gasteiger partial charge in [-0.3, -0.25) is 9.59 Å². The van der Waals surface area contributed by atoms with Gasteiger partial charge in [-0.05, 0) is 94.5 Å². The predicted molar refractivity (Wildman–Crippen MR) is 206 cm³/mol. The molecule has 4 nitrogen and oxygen atoms in total. The predicted octanol–water partition coefficient (Wildman–Crippen LogP) is 11.3. The second-order valence-electron chi connectivity index (χ2n) is 14.1. The first-order valence-corrected chi connectivity index (χ1v) is 18.5. The molecule has 0 atom stereocenters. The minimum atomic E-state index is -0.318. The number of ether oxygens (including phenoxy) is 2. The van der Waals surface area contributed by atoms with E-state index in [0.717, 1.165) is 25.7 Å². The van der Waals surface area contributed by atoms with Gasteiger partial charge in [0.25, 0.3) is 0 Å². The largest absolute Gasteiger partial charge is 0.427 e. The third kappa shape index (κ3) is 6.23. The highest BCUT2D eigenvalue weighted by atomic mass is 16.5. The Morgan fingerprint density at radius 3 is 0.981 bits per heavy atom. The molecule has 0 fully saturated rings. The van der Waals surface area contributed by atoms with Gasteiger partial charge in [0.2, 0.25) is 0 Å². The molecule has 0 saturated heterocycles. The van der Waals surface area contributed by atoms with Gasteiger partial charge in [-0.1, -0.05) is 146 Å². The van der Waals surface area contributed by atoms with Gasteiger partial charge in [-0.25, -0.2) is 0 Å². The van der Waals surface area contributed by atoms with Crippen LogP contribution in [0.2, 0.25) is 0 Å². The van der Waals surface area contributed by atoms with Crippen LogP contribution in [0.15, 0.2) is 158 Å². The van der Waals surface area contributed by atoms with Gasteiger partial charge in [0, 0.05) is 23.7 Å². The Morgan fingerprint density at radius 2 is 0.654 bits per heavy atom. The zero-order chi connectivity index (χ0) is 35.4. The van der Waals surface area contributed by atoms with Crippen LogP contribution < -0.4 is 9.47 Å². The first-order chi connectivity index (χ1) is 25.6. The van der Waals surface area contributed by atoms with Crippen LogP contribution in [-0.2, 0) is 20.4 Å². The molecule has 8 rings (SSSR count). The van der Waals surface area contributed by atoms with Crippen LogP contribution in [0.1, 0.15) is 73.6 Å². The molecule has 0 N–H and O–H groups in total. The van der Waals surface area contributed by atoms with Crippen LogP contribution in [0, 0.1) is 0 Å². The van der Waals surface area contributed by atoms with E-state index in [1.165, 1.54) is 44.5 Å². The molecule has 0 bridgehead atoms. The quantitative estimate of drug-likeness (QED) is 0.0691. The van der Waals surface area contributed by atoms with Gasteiger partial charge < -0.3 is 9.47 Å². The van der Waals surface area contributed by atoms with Crippen LogP contribution in [0.25, 0.3) is 22.3 Å². The third-order valence-electron chi connectivity index (χ3n) is 11.3. The summed E-state index contributed by atoms with van der Waals surface area (Å²) in [7, 11) is 0. The maximum atomic E-state index is 13.3. The molecule has 258 valence electrons. The number of rotatable bonds is 13. The molecule has 0 unspecified atom stereocenters. The van der Waals surface area contributed by atoms with Crippen molar-refractivity contribution in [2.75, 3.05) is 0 Å². The van der Waals surface area contributed by atoms with E-state index in [1.807, 2.05) is 60.7 Å². The summed E-state index contributed by atoms with van der Waals surface area (Å²) in [4.78, 5) is 26.6. The summed E-state index contributed by atoms with van der Waals surface area (Å²) in [5, 5.41) is 0. The number of hydrogen-bond donors (Lipinski definition) is 0. The van der Waals surface area contributed by atoms with E-state index < -0.39 is 0 Å². The topological polar surface area (TPSA) is 52.6 Å². The number of carbonyl (C=O) groups is 2. The molecule has 52 heavy (non-hydrogen) atoms. The summed E-state index contributed by atoms with van der Waals surface area (Å²) in [6.07, 6.45) is 5.65. The lowest BCUT2D eigenvalue weighted by molar-refractivity contribution is -0.135. The number of hydrogen-bond acceptors (Lipinski definition) is 4. The molecule has 0 radical (unpaired) electrons. The Hall–Kier alpha value is -5.74. The zero-order valence-corrected chi connectivity index (χ0v) is 29.3. The molecule has 6 aromatic carbocycles. The highest BCUT2D eigenvalue weighted by Crippen LogP contribution is 2.56. The van der Waals surface area contributed by atoms with E-state index in [1.54, 1.807) is 0 Å². The fourth-order valence-corrected chi connectivity index (χ4v) is 8.99. The Kier molecular flexibility index (Phi) is 9.30. The van der Waals surface area contributed by atoms with Crippen molar-refractivity contribution in [2.45, 2.75) is 62.2 Å². The molecular weight excluding hydrogens is 641 g/mol. The van der Waals surface area contributed by atoms with Crippen molar-refractivity contribution >= 4 is 11.9 Å². The lowest BCUT2D eigenvalue weighted by Gasteiger charge is -2.35. The van der Waals surface area contributed by atoms with Crippen molar-refractivity contribution in [1.29, 1.82) is 0 Å². The smallest absolute Gasteiger partial charge is 0.311 e. The molecule has 0 amide bonds. The first kappa shape index (κ1) is 33.4. The van der Waals surface area contributed by atoms with Crippen LogP contribution in [-0.4, -0.2) is 11.9 Å². The molecule has 0 saturated carbocycles. The van der Waals surface area contributed by atoms with Gasteiger partial charge in [0.1, 0.15) is 11.5 Å². The minimum absolute atomic E-state index is 0.215. The van der Waals surface area contributed by atoms with Crippen molar-refractivity contribution in [3.8, 4) is 33.8 Å². The average Bonchev–Trinajstić information content (AvgIpc) is 3.63. The van der Waals surface area contributed by atoms with Gasteiger partial charge in [-0.15, -0.1) is 0 Å². The molecule has 0 heterocycles. The van der Waals surface area contributed by atoms with Gasteiger partial charge in [0.15, 0.2) is 0 Å². The number of carbonyl (C=O) groups excluding carboxylic acids is 2. The maximum Gasteiger partial charge on any atom is 0.311 e. The Labute approximate surface area is 306 Å². The SMILES string of the molecule is O=C(CCC1(CCCCC2(CCC(=O)Oc3ccccc3)c3ccccc3-c3ccccc32)c2ccccc2-c2ccccc21)Oc1ccccc1. The van der Waals surface area contributed by atoms with Gasteiger partial charge >= 0.3 is 11.9 Å². The molecule has 4 heteroatoms. The molecule has 2 aliphatic carbocycles. The fraction of sp³-hybridized carbons (Fsp3) is 0.208. The second-order valence-corrected chi connectivity index (χ2v) is 14.1. The normalized spacial score (nSPS) is 14.1. The monoisotopic (exact) mass is 682 g/mol. The molecule has 0 aromatic heterocycles. The van der Waals surface area contributed by atoms with Crippen LogP contribution in [0.5, 0.6) is 11.5 Å². The lowest BCUT2D eigenvalue weighted by Crippen LogP contribution is -2.29. The Morgan fingerprint density at radius 1 is 0.365 bits per heavy atom. The van der Waals surface area contributed by atoms with Crippen LogP contribution in [0.4, 0.5) is 0 Å². The highest BCUT2D eigenvalue weighted by Gasteiger charge is 2.45. The number of benzene rings is 6. The molecule has 6 aromatic rings. The van der Waals surface area contributed by atoms with Gasteiger partial charge in [-0.2, -0.15) is 0 Å². The summed E-state index contributed by atoms with van der Waals surface area (Å²) in [6.45, 7) is 0. The molecule has 0 spiro atoms.